The Labute approximate surface area is 93.7 Å². The van der Waals surface area contributed by atoms with Crippen LogP contribution >= 0.6 is 0 Å². The van der Waals surface area contributed by atoms with Crippen LogP contribution in [-0.4, -0.2) is 14.2 Å². The van der Waals surface area contributed by atoms with Gasteiger partial charge in [-0.05, 0) is 30.9 Å². The highest BCUT2D eigenvalue weighted by molar-refractivity contribution is 7.92. The topological polar surface area (TPSA) is 72.2 Å². The maximum atomic E-state index is 13.1. The number of nitrogens with one attached hydrogen (secondary N) is 1. The third-order valence-corrected chi connectivity index (χ3v) is 3.88. The minimum absolute atomic E-state index is 0.00476. The lowest BCUT2D eigenvalue weighted by Crippen LogP contribution is -2.17. The molecule has 1 aliphatic rings. The molecule has 6 heteroatoms. The van der Waals surface area contributed by atoms with Crippen LogP contribution in [0, 0.1) is 11.7 Å². The van der Waals surface area contributed by atoms with E-state index >= 15 is 0 Å². The molecule has 16 heavy (non-hydrogen) atoms. The fourth-order valence-electron chi connectivity index (χ4n) is 1.41. The minimum Gasteiger partial charge on any atom is -0.396 e. The second-order valence-electron chi connectivity index (χ2n) is 4.06. The molecule has 0 bridgehead atoms. The van der Waals surface area contributed by atoms with Gasteiger partial charge < -0.3 is 5.73 Å². The fourth-order valence-corrected chi connectivity index (χ4v) is 2.93. The van der Waals surface area contributed by atoms with Gasteiger partial charge in [0.1, 0.15) is 5.82 Å². The third-order valence-electron chi connectivity index (χ3n) is 2.43. The van der Waals surface area contributed by atoms with Crippen molar-refractivity contribution in [3.63, 3.8) is 0 Å². The first kappa shape index (κ1) is 11.2. The average Bonchev–Trinajstić information content (AvgIpc) is 2.94. The molecule has 0 aliphatic heterocycles. The molecule has 1 saturated carbocycles. The van der Waals surface area contributed by atoms with E-state index in [9.17, 15) is 12.8 Å². The summed E-state index contributed by atoms with van der Waals surface area (Å²) in [4.78, 5) is 0. The first-order valence-electron chi connectivity index (χ1n) is 5.02. The van der Waals surface area contributed by atoms with Gasteiger partial charge in [0.2, 0.25) is 10.0 Å². The van der Waals surface area contributed by atoms with Gasteiger partial charge in [-0.1, -0.05) is 0 Å². The maximum absolute atomic E-state index is 13.1. The predicted octanol–water partition coefficient (Wildman–Crippen LogP) is 1.56. The first-order chi connectivity index (χ1) is 7.46. The largest absolute Gasteiger partial charge is 0.396 e. The fraction of sp³-hybridized carbons (Fsp3) is 0.400. The SMILES string of the molecule is Nc1ccc(NS(=O)(=O)CC2CC2)cc1F. The van der Waals surface area contributed by atoms with E-state index in [1.165, 1.54) is 12.1 Å². The molecular formula is C10H13FN2O2S. The molecule has 0 radical (unpaired) electrons. The first-order valence-corrected chi connectivity index (χ1v) is 6.67. The van der Waals surface area contributed by atoms with Crippen LogP contribution in [0.2, 0.25) is 0 Å². The molecule has 2 rings (SSSR count). The van der Waals surface area contributed by atoms with Crippen molar-refractivity contribution in [3.8, 4) is 0 Å². The monoisotopic (exact) mass is 244 g/mol. The molecule has 0 spiro atoms. The summed E-state index contributed by atoms with van der Waals surface area (Å²) in [5.74, 6) is -0.248. The van der Waals surface area contributed by atoms with E-state index in [0.29, 0.717) is 0 Å². The summed E-state index contributed by atoms with van der Waals surface area (Å²) in [5.41, 5.74) is 5.51. The molecule has 1 aliphatic carbocycles. The molecule has 1 fully saturated rings. The zero-order chi connectivity index (χ0) is 11.8. The third kappa shape index (κ3) is 2.85. The van der Waals surface area contributed by atoms with E-state index in [1.807, 2.05) is 0 Å². The van der Waals surface area contributed by atoms with Crippen molar-refractivity contribution in [2.45, 2.75) is 12.8 Å². The number of hydrogen-bond donors (Lipinski definition) is 2. The van der Waals surface area contributed by atoms with Gasteiger partial charge in [0.05, 0.1) is 17.1 Å². The van der Waals surface area contributed by atoms with Crippen LogP contribution in [0.25, 0.3) is 0 Å². The molecule has 4 nitrogen and oxygen atoms in total. The molecule has 3 N–H and O–H groups in total. The highest BCUT2D eigenvalue weighted by Gasteiger charge is 2.27. The van der Waals surface area contributed by atoms with Crippen LogP contribution in [0.5, 0.6) is 0 Å². The average molecular weight is 244 g/mol. The molecular weight excluding hydrogens is 231 g/mol. The van der Waals surface area contributed by atoms with Crippen molar-refractivity contribution in [2.75, 3.05) is 16.2 Å². The Morgan fingerprint density at radius 2 is 2.12 bits per heavy atom. The second kappa shape index (κ2) is 3.93. The molecule has 0 atom stereocenters. The summed E-state index contributed by atoms with van der Waals surface area (Å²) in [6.07, 6.45) is 1.91. The second-order valence-corrected chi connectivity index (χ2v) is 5.83. The van der Waals surface area contributed by atoms with Crippen LogP contribution in [0.4, 0.5) is 15.8 Å². The van der Waals surface area contributed by atoms with E-state index in [0.717, 1.165) is 18.9 Å². The highest BCUT2D eigenvalue weighted by atomic mass is 32.2. The standard InChI is InChI=1S/C10H13FN2O2S/c11-9-5-8(3-4-10(9)12)13-16(14,15)6-7-1-2-7/h3-5,7,13H,1-2,6,12H2. The molecule has 1 aromatic carbocycles. The van der Waals surface area contributed by atoms with E-state index in [1.54, 1.807) is 0 Å². The summed E-state index contributed by atoms with van der Waals surface area (Å²) in [6, 6.07) is 3.87. The van der Waals surface area contributed by atoms with E-state index < -0.39 is 15.8 Å². The van der Waals surface area contributed by atoms with Gasteiger partial charge in [-0.15, -0.1) is 0 Å². The van der Waals surface area contributed by atoms with Crippen LogP contribution in [0.1, 0.15) is 12.8 Å². The van der Waals surface area contributed by atoms with Crippen molar-refractivity contribution in [1.29, 1.82) is 0 Å². The van der Waals surface area contributed by atoms with Crippen molar-refractivity contribution in [3.05, 3.63) is 24.0 Å². The summed E-state index contributed by atoms with van der Waals surface area (Å²) < 4.78 is 38.6. The maximum Gasteiger partial charge on any atom is 0.232 e. The van der Waals surface area contributed by atoms with Crippen molar-refractivity contribution in [1.82, 2.24) is 0 Å². The Balaban J connectivity index is 2.10. The van der Waals surface area contributed by atoms with Gasteiger partial charge in [-0.25, -0.2) is 12.8 Å². The smallest absolute Gasteiger partial charge is 0.232 e. The van der Waals surface area contributed by atoms with Crippen LogP contribution < -0.4 is 10.5 Å². The number of halogens is 1. The van der Waals surface area contributed by atoms with Gasteiger partial charge in [-0.2, -0.15) is 0 Å². The summed E-state index contributed by atoms with van der Waals surface area (Å²) in [5, 5.41) is 0. The Morgan fingerprint density at radius 1 is 1.44 bits per heavy atom. The molecule has 0 amide bonds. The Morgan fingerprint density at radius 3 is 2.69 bits per heavy atom. The van der Waals surface area contributed by atoms with Crippen LogP contribution in [0.15, 0.2) is 18.2 Å². The number of nitrogen functional groups attached to an aromatic ring is 1. The van der Waals surface area contributed by atoms with Gasteiger partial charge in [0.15, 0.2) is 0 Å². The Kier molecular flexibility index (Phi) is 2.75. The van der Waals surface area contributed by atoms with Crippen molar-refractivity contribution in [2.24, 2.45) is 5.92 Å². The minimum atomic E-state index is -3.36. The normalized spacial score (nSPS) is 16.1. The van der Waals surface area contributed by atoms with E-state index in [4.69, 9.17) is 5.73 Å². The molecule has 0 saturated heterocycles. The molecule has 0 aromatic heterocycles. The van der Waals surface area contributed by atoms with Crippen molar-refractivity contribution < 1.29 is 12.8 Å². The molecule has 0 heterocycles. The number of nitrogens with two attached hydrogens (primary N) is 1. The lowest BCUT2D eigenvalue weighted by molar-refractivity contribution is 0.597. The van der Waals surface area contributed by atoms with Gasteiger partial charge in [0, 0.05) is 6.07 Å². The molecule has 0 unspecified atom stereocenters. The summed E-state index contributed by atoms with van der Waals surface area (Å²) in [7, 11) is -3.36. The lowest BCUT2D eigenvalue weighted by atomic mass is 10.3. The highest BCUT2D eigenvalue weighted by Crippen LogP contribution is 2.30. The van der Waals surface area contributed by atoms with Gasteiger partial charge in [0.25, 0.3) is 0 Å². The Bertz CT molecular complexity index is 498. The zero-order valence-corrected chi connectivity index (χ0v) is 9.43. The Hall–Kier alpha value is -1.30. The van der Waals surface area contributed by atoms with E-state index in [2.05, 4.69) is 4.72 Å². The van der Waals surface area contributed by atoms with Gasteiger partial charge in [-0.3, -0.25) is 4.72 Å². The quantitative estimate of drug-likeness (QED) is 0.789. The van der Waals surface area contributed by atoms with Crippen LogP contribution in [-0.2, 0) is 10.0 Å². The summed E-state index contributed by atoms with van der Waals surface area (Å²) in [6.45, 7) is 0. The summed E-state index contributed by atoms with van der Waals surface area (Å²) >= 11 is 0. The van der Waals surface area contributed by atoms with Crippen LogP contribution in [0.3, 0.4) is 0 Å². The van der Waals surface area contributed by atoms with Gasteiger partial charge >= 0.3 is 0 Å². The number of sulfonamides is 1. The van der Waals surface area contributed by atoms with Crippen molar-refractivity contribution >= 4 is 21.4 Å². The lowest BCUT2D eigenvalue weighted by Gasteiger charge is -2.07. The zero-order valence-electron chi connectivity index (χ0n) is 8.61. The number of rotatable bonds is 4. The molecule has 1 aromatic rings. The predicted molar refractivity (Wildman–Crippen MR) is 60.9 cm³/mol. The molecule has 88 valence electrons. The number of benzene rings is 1. The number of anilines is 2. The number of hydrogen-bond acceptors (Lipinski definition) is 3. The van der Waals surface area contributed by atoms with E-state index in [-0.39, 0.29) is 23.0 Å².